The summed E-state index contributed by atoms with van der Waals surface area (Å²) in [6, 6.07) is 5.88. The molecule has 9 nitrogen and oxygen atoms in total. The van der Waals surface area contributed by atoms with Crippen molar-refractivity contribution >= 4 is 34.4 Å². The standard InChI is InChI=1S/C21H20FN7O2/c1-12-9-26-29-7-6-15(20(31-3)19(12)29)27-16-8-18(25-11-14(16)21(30)23-2)28-17-5-4-13(22)10-24-17/h4-11H,1-3H3,(H,23,30)(H2,24,25,27,28)/i2D3. The van der Waals surface area contributed by atoms with Gasteiger partial charge in [0.05, 0.1) is 36.4 Å². The summed E-state index contributed by atoms with van der Waals surface area (Å²) in [5.74, 6) is -0.246. The molecular weight excluding hydrogens is 401 g/mol. The van der Waals surface area contributed by atoms with E-state index in [1.54, 1.807) is 23.0 Å². The minimum atomic E-state index is -2.69. The fraction of sp³-hybridized carbons (Fsp3) is 0.143. The summed E-state index contributed by atoms with van der Waals surface area (Å²) < 4.78 is 42.5. The van der Waals surface area contributed by atoms with Gasteiger partial charge in [0.2, 0.25) is 0 Å². The van der Waals surface area contributed by atoms with E-state index in [-0.39, 0.29) is 17.1 Å². The van der Waals surface area contributed by atoms with Gasteiger partial charge in [0, 0.05) is 29.5 Å². The lowest BCUT2D eigenvalue weighted by Crippen LogP contribution is -2.19. The summed E-state index contributed by atoms with van der Waals surface area (Å²) in [7, 11) is 1.51. The zero-order valence-electron chi connectivity index (χ0n) is 19.6. The fourth-order valence-corrected chi connectivity index (χ4v) is 3.10. The molecule has 0 atom stereocenters. The third-order valence-corrected chi connectivity index (χ3v) is 4.54. The molecule has 10 heteroatoms. The Morgan fingerprint density at radius 1 is 1.13 bits per heavy atom. The molecule has 0 saturated carbocycles. The molecule has 4 aromatic rings. The number of aromatic nitrogens is 4. The number of methoxy groups -OCH3 is 1. The van der Waals surface area contributed by atoms with E-state index in [0.717, 1.165) is 17.3 Å². The van der Waals surface area contributed by atoms with Gasteiger partial charge >= 0.3 is 0 Å². The number of carbonyl (C=O) groups is 1. The van der Waals surface area contributed by atoms with Crippen LogP contribution in [-0.4, -0.2) is 39.6 Å². The van der Waals surface area contributed by atoms with Gasteiger partial charge in [0.15, 0.2) is 5.75 Å². The van der Waals surface area contributed by atoms with E-state index >= 15 is 0 Å². The number of carbonyl (C=O) groups excluding carboxylic acids is 1. The summed E-state index contributed by atoms with van der Waals surface area (Å²) in [6.07, 6.45) is 5.69. The van der Waals surface area contributed by atoms with Crippen LogP contribution in [0.3, 0.4) is 0 Å². The van der Waals surface area contributed by atoms with Crippen LogP contribution in [0.1, 0.15) is 20.0 Å². The molecule has 0 bridgehead atoms. The molecule has 31 heavy (non-hydrogen) atoms. The molecule has 1 amide bonds. The Hall–Kier alpha value is -4.21. The van der Waals surface area contributed by atoms with Crippen molar-refractivity contribution in [3.63, 3.8) is 0 Å². The number of fused-ring (bicyclic) bond motifs is 1. The van der Waals surface area contributed by atoms with Crippen molar-refractivity contribution in [1.29, 1.82) is 0 Å². The molecule has 0 radical (unpaired) electrons. The molecule has 0 unspecified atom stereocenters. The number of anilines is 4. The number of ether oxygens (including phenoxy) is 1. The third kappa shape index (κ3) is 3.95. The molecule has 0 fully saturated rings. The molecule has 0 aliphatic carbocycles. The van der Waals surface area contributed by atoms with Gasteiger partial charge in [-0.1, -0.05) is 0 Å². The van der Waals surface area contributed by atoms with Gasteiger partial charge in [-0.25, -0.2) is 18.9 Å². The number of aryl methyl sites for hydroxylation is 1. The predicted molar refractivity (Wildman–Crippen MR) is 115 cm³/mol. The highest BCUT2D eigenvalue weighted by molar-refractivity contribution is 6.00. The number of hydrogen-bond acceptors (Lipinski definition) is 7. The van der Waals surface area contributed by atoms with Crippen LogP contribution in [0.25, 0.3) is 5.52 Å². The van der Waals surface area contributed by atoms with Gasteiger partial charge in [0.1, 0.15) is 23.0 Å². The normalized spacial score (nSPS) is 12.5. The zero-order chi connectivity index (χ0) is 24.5. The highest BCUT2D eigenvalue weighted by Gasteiger charge is 2.17. The van der Waals surface area contributed by atoms with Crippen LogP contribution in [0.4, 0.5) is 27.4 Å². The second-order valence-corrected chi connectivity index (χ2v) is 6.56. The Kier molecular flexibility index (Phi) is 4.42. The summed E-state index contributed by atoms with van der Waals surface area (Å²) in [6.45, 7) is -0.803. The Bertz CT molecular complexity index is 1360. The number of hydrogen-bond donors (Lipinski definition) is 3. The van der Waals surface area contributed by atoms with E-state index in [1.807, 2.05) is 12.2 Å². The second-order valence-electron chi connectivity index (χ2n) is 6.56. The molecule has 0 spiro atoms. The van der Waals surface area contributed by atoms with E-state index in [0.29, 0.717) is 17.3 Å². The summed E-state index contributed by atoms with van der Waals surface area (Å²) in [5.41, 5.74) is 2.35. The first-order valence-electron chi connectivity index (χ1n) is 10.6. The molecule has 0 aliphatic rings. The van der Waals surface area contributed by atoms with Gasteiger partial charge < -0.3 is 20.7 Å². The van der Waals surface area contributed by atoms with Gasteiger partial charge in [-0.2, -0.15) is 5.10 Å². The van der Waals surface area contributed by atoms with E-state index in [9.17, 15) is 9.18 Å². The van der Waals surface area contributed by atoms with E-state index in [2.05, 4.69) is 25.7 Å². The number of nitrogens with one attached hydrogen (secondary N) is 3. The van der Waals surface area contributed by atoms with E-state index in [1.165, 1.54) is 31.5 Å². The quantitative estimate of drug-likeness (QED) is 0.435. The fourth-order valence-electron chi connectivity index (χ4n) is 3.10. The first-order chi connectivity index (χ1) is 16.1. The number of rotatable bonds is 6. The van der Waals surface area contributed by atoms with Crippen LogP contribution >= 0.6 is 0 Å². The molecule has 4 heterocycles. The van der Waals surface area contributed by atoms with E-state index in [4.69, 9.17) is 8.85 Å². The van der Waals surface area contributed by atoms with Crippen LogP contribution in [0.2, 0.25) is 0 Å². The van der Waals surface area contributed by atoms with Gasteiger partial charge in [0.25, 0.3) is 5.91 Å². The average molecular weight is 424 g/mol. The topological polar surface area (TPSA) is 105 Å². The van der Waals surface area contributed by atoms with Gasteiger partial charge in [-0.15, -0.1) is 0 Å². The van der Waals surface area contributed by atoms with Crippen molar-refractivity contribution in [2.45, 2.75) is 6.92 Å². The molecule has 3 N–H and O–H groups in total. The monoisotopic (exact) mass is 424 g/mol. The molecule has 0 aromatic carbocycles. The van der Waals surface area contributed by atoms with Gasteiger partial charge in [-0.3, -0.25) is 4.79 Å². The first kappa shape index (κ1) is 16.6. The maximum absolute atomic E-state index is 13.2. The molecule has 4 rings (SSSR count). The van der Waals surface area contributed by atoms with Crippen LogP contribution < -0.4 is 20.7 Å². The Labute approximate surface area is 181 Å². The largest absolute Gasteiger partial charge is 0.492 e. The highest BCUT2D eigenvalue weighted by Crippen LogP contribution is 2.35. The minimum absolute atomic E-state index is 0.0131. The Morgan fingerprint density at radius 3 is 2.71 bits per heavy atom. The third-order valence-electron chi connectivity index (χ3n) is 4.54. The highest BCUT2D eigenvalue weighted by atomic mass is 19.1. The summed E-state index contributed by atoms with van der Waals surface area (Å²) in [4.78, 5) is 20.8. The Balaban J connectivity index is 1.76. The molecule has 0 saturated heterocycles. The van der Waals surface area contributed by atoms with Crippen molar-refractivity contribution in [2.24, 2.45) is 0 Å². The zero-order valence-corrected chi connectivity index (χ0v) is 16.6. The van der Waals surface area contributed by atoms with Crippen LogP contribution in [0.5, 0.6) is 5.75 Å². The number of pyridine rings is 3. The maximum Gasteiger partial charge on any atom is 0.254 e. The van der Waals surface area contributed by atoms with Crippen LogP contribution in [0.15, 0.2) is 49.1 Å². The van der Waals surface area contributed by atoms with Crippen molar-refractivity contribution in [1.82, 2.24) is 24.9 Å². The minimum Gasteiger partial charge on any atom is -0.492 e. The maximum atomic E-state index is 13.2. The van der Waals surface area contributed by atoms with E-state index < -0.39 is 18.7 Å². The molecule has 4 aromatic heterocycles. The van der Waals surface area contributed by atoms with Crippen molar-refractivity contribution < 1.29 is 18.0 Å². The first-order valence-corrected chi connectivity index (χ1v) is 9.14. The number of nitrogens with zero attached hydrogens (tertiary/aromatic N) is 4. The lowest BCUT2D eigenvalue weighted by atomic mass is 10.2. The second kappa shape index (κ2) is 8.27. The summed E-state index contributed by atoms with van der Waals surface area (Å²) in [5, 5.41) is 12.3. The lowest BCUT2D eigenvalue weighted by Gasteiger charge is -2.16. The SMILES string of the molecule is [2H]C([2H])([2H])NC(=O)c1cnc(Nc2ccc(F)cn2)cc1Nc1ccn2ncc(C)c2c1OC. The predicted octanol–water partition coefficient (Wildman–Crippen LogP) is 3.43. The molecule has 0 aliphatic heterocycles. The molecular formula is C21H20FN7O2. The summed E-state index contributed by atoms with van der Waals surface area (Å²) >= 11 is 0. The number of halogens is 1. The van der Waals surface area contributed by atoms with Crippen LogP contribution in [0, 0.1) is 12.7 Å². The van der Waals surface area contributed by atoms with Crippen LogP contribution in [-0.2, 0) is 0 Å². The Morgan fingerprint density at radius 2 is 1.97 bits per heavy atom. The molecule has 158 valence electrons. The number of amides is 1. The average Bonchev–Trinajstić information content (AvgIpc) is 3.15. The van der Waals surface area contributed by atoms with Crippen molar-refractivity contribution in [3.8, 4) is 5.75 Å². The van der Waals surface area contributed by atoms with Crippen molar-refractivity contribution in [2.75, 3.05) is 24.7 Å². The lowest BCUT2D eigenvalue weighted by molar-refractivity contribution is 0.0963. The smallest absolute Gasteiger partial charge is 0.254 e. The van der Waals surface area contributed by atoms with Crippen molar-refractivity contribution in [3.05, 3.63) is 66.0 Å². The van der Waals surface area contributed by atoms with Gasteiger partial charge in [-0.05, 0) is 30.7 Å².